The van der Waals surface area contributed by atoms with Crippen LogP contribution in [0.2, 0.25) is 0 Å². The van der Waals surface area contributed by atoms with E-state index in [0.717, 1.165) is 29.6 Å². The van der Waals surface area contributed by atoms with Crippen LogP contribution in [-0.4, -0.2) is 42.0 Å². The van der Waals surface area contributed by atoms with E-state index in [0.29, 0.717) is 6.04 Å². The summed E-state index contributed by atoms with van der Waals surface area (Å²) >= 11 is 0. The van der Waals surface area contributed by atoms with Gasteiger partial charge in [0.1, 0.15) is 0 Å². The van der Waals surface area contributed by atoms with E-state index in [1.807, 2.05) is 30.5 Å². The highest BCUT2D eigenvalue weighted by atomic mass is 16.1. The predicted octanol–water partition coefficient (Wildman–Crippen LogP) is 1.99. The highest BCUT2D eigenvalue weighted by molar-refractivity contribution is 6.06. The standard InChI is InChI=1S/C15H19N3O/c1-18-9-3-4-11(18)10-17-15(19)13-5-2-6-14-12(13)7-8-16-14/h2,5-8,11,16H,3-4,9-10H2,1H3,(H,17,19). The lowest BCUT2D eigenvalue weighted by molar-refractivity contribution is 0.0945. The number of H-pyrrole nitrogens is 1. The minimum atomic E-state index is 0.0190. The lowest BCUT2D eigenvalue weighted by Gasteiger charge is -2.19. The molecule has 0 radical (unpaired) electrons. The molecule has 1 aromatic heterocycles. The molecule has 4 nitrogen and oxygen atoms in total. The topological polar surface area (TPSA) is 48.1 Å². The summed E-state index contributed by atoms with van der Waals surface area (Å²) < 4.78 is 0. The van der Waals surface area contributed by atoms with Gasteiger partial charge in [0.05, 0.1) is 0 Å². The summed E-state index contributed by atoms with van der Waals surface area (Å²) in [5.41, 5.74) is 1.75. The number of hydrogen-bond donors (Lipinski definition) is 2. The van der Waals surface area contributed by atoms with E-state index in [1.165, 1.54) is 12.8 Å². The molecule has 2 aromatic rings. The lowest BCUT2D eigenvalue weighted by Crippen LogP contribution is -2.38. The fourth-order valence-corrected chi connectivity index (χ4v) is 2.83. The van der Waals surface area contributed by atoms with Crippen LogP contribution in [0.3, 0.4) is 0 Å². The SMILES string of the molecule is CN1CCCC1CNC(=O)c1cccc2[nH]ccc12. The first-order valence-electron chi connectivity index (χ1n) is 6.80. The fourth-order valence-electron chi connectivity index (χ4n) is 2.83. The van der Waals surface area contributed by atoms with Gasteiger partial charge in [0.15, 0.2) is 0 Å². The Morgan fingerprint density at radius 1 is 1.47 bits per heavy atom. The Morgan fingerprint density at radius 3 is 3.16 bits per heavy atom. The zero-order chi connectivity index (χ0) is 13.2. The second-order valence-electron chi connectivity index (χ2n) is 5.23. The van der Waals surface area contributed by atoms with Gasteiger partial charge in [0.2, 0.25) is 0 Å². The number of aromatic amines is 1. The molecule has 1 fully saturated rings. The first-order valence-corrected chi connectivity index (χ1v) is 6.80. The molecule has 0 saturated carbocycles. The van der Waals surface area contributed by atoms with Crippen molar-refractivity contribution in [1.82, 2.24) is 15.2 Å². The Labute approximate surface area is 112 Å². The van der Waals surface area contributed by atoms with Gasteiger partial charge in [-0.15, -0.1) is 0 Å². The second-order valence-corrected chi connectivity index (χ2v) is 5.23. The third-order valence-corrected chi connectivity index (χ3v) is 4.01. The number of aromatic nitrogens is 1. The van der Waals surface area contributed by atoms with Gasteiger partial charge in [-0.1, -0.05) is 6.07 Å². The van der Waals surface area contributed by atoms with Gasteiger partial charge in [-0.05, 0) is 44.6 Å². The summed E-state index contributed by atoms with van der Waals surface area (Å²) in [7, 11) is 2.12. The van der Waals surface area contributed by atoms with E-state index in [2.05, 4.69) is 22.2 Å². The summed E-state index contributed by atoms with van der Waals surface area (Å²) in [5, 5.41) is 4.04. The van der Waals surface area contributed by atoms with E-state index in [9.17, 15) is 4.79 Å². The number of carbonyl (C=O) groups is 1. The van der Waals surface area contributed by atoms with Crippen LogP contribution in [0.25, 0.3) is 10.9 Å². The molecule has 0 spiro atoms. The first kappa shape index (κ1) is 12.2. The van der Waals surface area contributed by atoms with Crippen LogP contribution in [-0.2, 0) is 0 Å². The maximum absolute atomic E-state index is 12.3. The molecule has 1 aliphatic rings. The van der Waals surface area contributed by atoms with Crippen LogP contribution >= 0.6 is 0 Å². The van der Waals surface area contributed by atoms with Gasteiger partial charge >= 0.3 is 0 Å². The molecule has 1 unspecified atom stereocenters. The Balaban J connectivity index is 1.71. The Morgan fingerprint density at radius 2 is 2.37 bits per heavy atom. The summed E-state index contributed by atoms with van der Waals surface area (Å²) in [5.74, 6) is 0.0190. The van der Waals surface area contributed by atoms with Crippen LogP contribution in [0, 0.1) is 0 Å². The molecule has 0 aliphatic carbocycles. The number of nitrogens with one attached hydrogen (secondary N) is 2. The minimum absolute atomic E-state index is 0.0190. The molecule has 1 atom stereocenters. The number of fused-ring (bicyclic) bond motifs is 1. The largest absolute Gasteiger partial charge is 0.361 e. The number of amides is 1. The molecule has 2 N–H and O–H groups in total. The van der Waals surface area contributed by atoms with Crippen LogP contribution in [0.15, 0.2) is 30.5 Å². The van der Waals surface area contributed by atoms with Gasteiger partial charge in [0.25, 0.3) is 5.91 Å². The third-order valence-electron chi connectivity index (χ3n) is 4.01. The number of benzene rings is 1. The van der Waals surface area contributed by atoms with Crippen LogP contribution in [0.4, 0.5) is 0 Å². The Kier molecular flexibility index (Phi) is 3.25. The van der Waals surface area contributed by atoms with Gasteiger partial charge in [-0.3, -0.25) is 4.79 Å². The van der Waals surface area contributed by atoms with Crippen molar-refractivity contribution in [3.63, 3.8) is 0 Å². The average Bonchev–Trinajstić information content (AvgIpc) is 3.04. The average molecular weight is 257 g/mol. The Bertz CT molecular complexity index is 590. The van der Waals surface area contributed by atoms with E-state index in [1.54, 1.807) is 0 Å². The van der Waals surface area contributed by atoms with Crippen molar-refractivity contribution in [2.75, 3.05) is 20.1 Å². The molecule has 3 rings (SSSR count). The summed E-state index contributed by atoms with van der Waals surface area (Å²) in [6.07, 6.45) is 4.27. The predicted molar refractivity (Wildman–Crippen MR) is 76.3 cm³/mol. The molecule has 4 heteroatoms. The zero-order valence-corrected chi connectivity index (χ0v) is 11.1. The summed E-state index contributed by atoms with van der Waals surface area (Å²) in [4.78, 5) is 17.7. The molecule has 1 aromatic carbocycles. The lowest BCUT2D eigenvalue weighted by atomic mass is 10.1. The minimum Gasteiger partial charge on any atom is -0.361 e. The summed E-state index contributed by atoms with van der Waals surface area (Å²) in [6, 6.07) is 8.21. The number of carbonyl (C=O) groups excluding carboxylic acids is 1. The molecule has 2 heterocycles. The monoisotopic (exact) mass is 257 g/mol. The van der Waals surface area contributed by atoms with Gasteiger partial charge in [-0.2, -0.15) is 0 Å². The highest BCUT2D eigenvalue weighted by Crippen LogP contribution is 2.18. The molecular formula is C15H19N3O. The molecule has 19 heavy (non-hydrogen) atoms. The van der Waals surface area contributed by atoms with Crippen molar-refractivity contribution >= 4 is 16.8 Å². The highest BCUT2D eigenvalue weighted by Gasteiger charge is 2.21. The molecule has 1 amide bonds. The van der Waals surface area contributed by atoms with Crippen molar-refractivity contribution in [3.8, 4) is 0 Å². The van der Waals surface area contributed by atoms with Crippen LogP contribution in [0.5, 0.6) is 0 Å². The van der Waals surface area contributed by atoms with E-state index < -0.39 is 0 Å². The maximum Gasteiger partial charge on any atom is 0.252 e. The molecule has 1 aliphatic heterocycles. The zero-order valence-electron chi connectivity index (χ0n) is 11.1. The number of hydrogen-bond acceptors (Lipinski definition) is 2. The van der Waals surface area contributed by atoms with Crippen molar-refractivity contribution in [2.24, 2.45) is 0 Å². The van der Waals surface area contributed by atoms with E-state index >= 15 is 0 Å². The van der Waals surface area contributed by atoms with Crippen LogP contribution < -0.4 is 5.32 Å². The Hall–Kier alpha value is -1.81. The van der Waals surface area contributed by atoms with Gasteiger partial charge < -0.3 is 15.2 Å². The third kappa shape index (κ3) is 2.36. The fraction of sp³-hybridized carbons (Fsp3) is 0.400. The van der Waals surface area contributed by atoms with E-state index in [4.69, 9.17) is 0 Å². The molecule has 0 bridgehead atoms. The van der Waals surface area contributed by atoms with Crippen molar-refractivity contribution in [2.45, 2.75) is 18.9 Å². The quantitative estimate of drug-likeness (QED) is 0.883. The van der Waals surface area contributed by atoms with Crippen LogP contribution in [0.1, 0.15) is 23.2 Å². The number of likely N-dealkylation sites (tertiary alicyclic amines) is 1. The van der Waals surface area contributed by atoms with Gasteiger partial charge in [0, 0.05) is 35.2 Å². The molecular weight excluding hydrogens is 238 g/mol. The molecule has 1 saturated heterocycles. The van der Waals surface area contributed by atoms with Crippen molar-refractivity contribution in [1.29, 1.82) is 0 Å². The van der Waals surface area contributed by atoms with Crippen molar-refractivity contribution in [3.05, 3.63) is 36.0 Å². The van der Waals surface area contributed by atoms with Gasteiger partial charge in [-0.25, -0.2) is 0 Å². The summed E-state index contributed by atoms with van der Waals surface area (Å²) in [6.45, 7) is 1.87. The smallest absolute Gasteiger partial charge is 0.252 e. The van der Waals surface area contributed by atoms with Crippen molar-refractivity contribution < 1.29 is 4.79 Å². The normalized spacial score (nSPS) is 19.9. The molecule has 100 valence electrons. The van der Waals surface area contributed by atoms with E-state index in [-0.39, 0.29) is 5.91 Å². The number of rotatable bonds is 3. The maximum atomic E-state index is 12.3. The number of likely N-dealkylation sites (N-methyl/N-ethyl adjacent to an activating group) is 1. The number of nitrogens with zero attached hydrogens (tertiary/aromatic N) is 1. The first-order chi connectivity index (χ1) is 9.25. The second kappa shape index (κ2) is 5.05.